The third-order valence-corrected chi connectivity index (χ3v) is 5.01. The predicted octanol–water partition coefficient (Wildman–Crippen LogP) is 5.08. The molecule has 2 rings (SSSR count). The molecule has 2 N–H and O–H groups in total. The third-order valence-electron chi connectivity index (χ3n) is 4.46. The quantitative estimate of drug-likeness (QED) is 0.293. The van der Waals surface area contributed by atoms with Crippen molar-refractivity contribution in [2.75, 3.05) is 6.61 Å². The second kappa shape index (κ2) is 12.3. The maximum Gasteiger partial charge on any atom is 0.262 e. The summed E-state index contributed by atoms with van der Waals surface area (Å²) in [6.07, 6.45) is 3.51. The largest absolute Gasteiger partial charge is 0.493 e. The summed E-state index contributed by atoms with van der Waals surface area (Å²) >= 11 is 12.0. The second-order valence-corrected chi connectivity index (χ2v) is 8.14. The number of nitrogens with zero attached hydrogens (tertiary/aromatic N) is 1. The number of para-hydroxylation sites is 1. The minimum Gasteiger partial charge on any atom is -0.493 e. The minimum atomic E-state index is -0.799. The number of nitrogens with one attached hydrogen (secondary N) is 2. The number of carbonyl (C=O) groups excluding carboxylic acids is 2. The van der Waals surface area contributed by atoms with Crippen LogP contribution < -0.4 is 15.5 Å². The molecule has 2 aromatic rings. The molecule has 0 radical (unpaired) electrons. The van der Waals surface area contributed by atoms with E-state index in [-0.39, 0.29) is 16.5 Å². The lowest BCUT2D eigenvalue weighted by Gasteiger charge is -2.20. The van der Waals surface area contributed by atoms with E-state index in [1.165, 1.54) is 18.3 Å². The van der Waals surface area contributed by atoms with Gasteiger partial charge in [0.1, 0.15) is 11.8 Å². The van der Waals surface area contributed by atoms with Crippen LogP contribution in [0, 0.1) is 5.92 Å². The Morgan fingerprint density at radius 3 is 2.58 bits per heavy atom. The van der Waals surface area contributed by atoms with Crippen LogP contribution in [0.1, 0.15) is 49.5 Å². The predicted molar refractivity (Wildman–Crippen MR) is 125 cm³/mol. The molecule has 1 atom stereocenters. The number of halogens is 2. The summed E-state index contributed by atoms with van der Waals surface area (Å²) in [7, 11) is 0. The van der Waals surface area contributed by atoms with Crippen molar-refractivity contribution in [2.24, 2.45) is 11.0 Å². The van der Waals surface area contributed by atoms with Crippen molar-refractivity contribution in [3.8, 4) is 5.75 Å². The second-order valence-electron chi connectivity index (χ2n) is 7.29. The smallest absolute Gasteiger partial charge is 0.262 e. The van der Waals surface area contributed by atoms with E-state index in [9.17, 15) is 9.59 Å². The number of hydrogen-bond donors (Lipinski definition) is 2. The first-order valence-corrected chi connectivity index (χ1v) is 10.9. The van der Waals surface area contributed by atoms with Crippen LogP contribution in [0.25, 0.3) is 0 Å². The zero-order valence-corrected chi connectivity index (χ0v) is 19.3. The van der Waals surface area contributed by atoms with Crippen molar-refractivity contribution in [3.63, 3.8) is 0 Å². The van der Waals surface area contributed by atoms with E-state index in [2.05, 4.69) is 22.8 Å². The number of hydrazone groups is 1. The van der Waals surface area contributed by atoms with Crippen LogP contribution >= 0.6 is 23.2 Å². The number of carbonyl (C=O) groups is 2. The normalized spacial score (nSPS) is 12.1. The van der Waals surface area contributed by atoms with Gasteiger partial charge in [0.2, 0.25) is 0 Å². The summed E-state index contributed by atoms with van der Waals surface area (Å²) < 4.78 is 5.76. The molecule has 2 aromatic carbocycles. The summed E-state index contributed by atoms with van der Waals surface area (Å²) in [4.78, 5) is 25.2. The molecule has 0 fully saturated rings. The first-order chi connectivity index (χ1) is 14.8. The molecule has 0 saturated carbocycles. The van der Waals surface area contributed by atoms with Crippen molar-refractivity contribution in [2.45, 2.75) is 39.7 Å². The highest BCUT2D eigenvalue weighted by Crippen LogP contribution is 2.21. The summed E-state index contributed by atoms with van der Waals surface area (Å²) in [6.45, 7) is 6.36. The van der Waals surface area contributed by atoms with Crippen molar-refractivity contribution < 1.29 is 14.3 Å². The molecule has 166 valence electrons. The summed E-state index contributed by atoms with van der Waals surface area (Å²) in [5, 5.41) is 7.39. The SMILES string of the molecule is CCCCOc1ccccc1C=NNC(=O)C(NC(=O)c1ccc(Cl)cc1Cl)C(C)C. The van der Waals surface area contributed by atoms with Gasteiger partial charge >= 0.3 is 0 Å². The van der Waals surface area contributed by atoms with Gasteiger partial charge in [0.05, 0.1) is 23.4 Å². The third kappa shape index (κ3) is 7.56. The number of benzene rings is 2. The minimum absolute atomic E-state index is 0.171. The van der Waals surface area contributed by atoms with Gasteiger partial charge in [0.25, 0.3) is 11.8 Å². The Bertz CT molecular complexity index is 932. The molecule has 0 bridgehead atoms. The Kier molecular flexibility index (Phi) is 9.82. The average Bonchev–Trinajstić information content (AvgIpc) is 2.72. The highest BCUT2D eigenvalue weighted by molar-refractivity contribution is 6.36. The van der Waals surface area contributed by atoms with E-state index >= 15 is 0 Å². The zero-order chi connectivity index (χ0) is 22.8. The molecule has 31 heavy (non-hydrogen) atoms. The van der Waals surface area contributed by atoms with E-state index in [0.717, 1.165) is 18.4 Å². The van der Waals surface area contributed by atoms with Crippen LogP contribution in [-0.2, 0) is 4.79 Å². The molecular weight excluding hydrogens is 437 g/mol. The Morgan fingerprint density at radius 2 is 1.90 bits per heavy atom. The highest BCUT2D eigenvalue weighted by atomic mass is 35.5. The molecule has 1 unspecified atom stereocenters. The van der Waals surface area contributed by atoms with Gasteiger partial charge in [-0.05, 0) is 42.7 Å². The molecule has 0 saturated heterocycles. The van der Waals surface area contributed by atoms with Gasteiger partial charge in [-0.25, -0.2) is 5.43 Å². The van der Waals surface area contributed by atoms with Crippen LogP contribution in [0.15, 0.2) is 47.6 Å². The fraction of sp³-hybridized carbons (Fsp3) is 0.348. The van der Waals surface area contributed by atoms with Crippen molar-refractivity contribution in [1.82, 2.24) is 10.7 Å². The molecule has 2 amide bonds. The maximum atomic E-state index is 12.7. The Labute approximate surface area is 193 Å². The standard InChI is InChI=1S/C23H27Cl2N3O3/c1-4-5-12-31-20-9-7-6-8-16(20)14-26-28-23(30)21(15(2)3)27-22(29)18-11-10-17(24)13-19(18)25/h6-11,13-15,21H,4-5,12H2,1-3H3,(H,27,29)(H,28,30). The molecule has 6 nitrogen and oxygen atoms in total. The number of rotatable bonds is 10. The molecule has 0 heterocycles. The summed E-state index contributed by atoms with van der Waals surface area (Å²) in [5.41, 5.74) is 3.48. The Hall–Kier alpha value is -2.57. The average molecular weight is 464 g/mol. The van der Waals surface area contributed by atoms with Gasteiger partial charge in [-0.1, -0.05) is 62.5 Å². The van der Waals surface area contributed by atoms with Gasteiger partial charge in [-0.15, -0.1) is 0 Å². The van der Waals surface area contributed by atoms with Gasteiger partial charge in [-0.3, -0.25) is 9.59 Å². The van der Waals surface area contributed by atoms with Crippen LogP contribution in [0.3, 0.4) is 0 Å². The lowest BCUT2D eigenvalue weighted by atomic mass is 10.0. The van der Waals surface area contributed by atoms with Crippen molar-refractivity contribution in [3.05, 3.63) is 63.6 Å². The maximum absolute atomic E-state index is 12.7. The fourth-order valence-electron chi connectivity index (χ4n) is 2.71. The lowest BCUT2D eigenvalue weighted by molar-refractivity contribution is -0.123. The van der Waals surface area contributed by atoms with E-state index in [0.29, 0.717) is 17.4 Å². The molecular formula is C23H27Cl2N3O3. The van der Waals surface area contributed by atoms with E-state index < -0.39 is 17.9 Å². The molecule has 0 aliphatic carbocycles. The number of hydrogen-bond acceptors (Lipinski definition) is 4. The van der Waals surface area contributed by atoms with Crippen molar-refractivity contribution in [1.29, 1.82) is 0 Å². The Balaban J connectivity index is 2.04. The molecule has 0 aromatic heterocycles. The van der Waals surface area contributed by atoms with Crippen molar-refractivity contribution >= 4 is 41.2 Å². The van der Waals surface area contributed by atoms with Gasteiger partial charge < -0.3 is 10.1 Å². The lowest BCUT2D eigenvalue weighted by Crippen LogP contribution is -2.48. The molecule has 0 aliphatic rings. The number of ether oxygens (including phenoxy) is 1. The Morgan fingerprint density at radius 1 is 1.16 bits per heavy atom. The van der Waals surface area contributed by atoms with E-state index in [1.807, 2.05) is 38.1 Å². The van der Waals surface area contributed by atoms with E-state index in [1.54, 1.807) is 6.07 Å². The van der Waals surface area contributed by atoms with Crippen LogP contribution in [0.4, 0.5) is 0 Å². The zero-order valence-electron chi connectivity index (χ0n) is 17.8. The molecule has 8 heteroatoms. The topological polar surface area (TPSA) is 79.8 Å². The monoisotopic (exact) mass is 463 g/mol. The van der Waals surface area contributed by atoms with Gasteiger partial charge in [-0.2, -0.15) is 5.10 Å². The van der Waals surface area contributed by atoms with Gasteiger partial charge in [0.15, 0.2) is 0 Å². The summed E-state index contributed by atoms with van der Waals surface area (Å²) in [6, 6.07) is 11.2. The number of amides is 2. The molecule has 0 aliphatic heterocycles. The fourth-order valence-corrected chi connectivity index (χ4v) is 3.20. The number of unbranched alkanes of at least 4 members (excludes halogenated alkanes) is 1. The van der Waals surface area contributed by atoms with Crippen LogP contribution in [0.5, 0.6) is 5.75 Å². The van der Waals surface area contributed by atoms with Crippen LogP contribution in [0.2, 0.25) is 10.0 Å². The van der Waals surface area contributed by atoms with E-state index in [4.69, 9.17) is 27.9 Å². The summed E-state index contributed by atoms with van der Waals surface area (Å²) in [5.74, 6) is -0.377. The molecule has 0 spiro atoms. The van der Waals surface area contributed by atoms with Gasteiger partial charge in [0, 0.05) is 10.6 Å². The van der Waals surface area contributed by atoms with Crippen LogP contribution in [-0.4, -0.2) is 30.7 Å². The first kappa shape index (κ1) is 24.7. The highest BCUT2D eigenvalue weighted by Gasteiger charge is 2.25. The first-order valence-electron chi connectivity index (χ1n) is 10.1.